The fourth-order valence-electron chi connectivity index (χ4n) is 2.16. The summed E-state index contributed by atoms with van der Waals surface area (Å²) in [5.74, 6) is -0.0384. The average Bonchev–Trinajstić information content (AvgIpc) is 2.61. The largest absolute Gasteiger partial charge is 0.327 e. The third-order valence-corrected chi connectivity index (χ3v) is 6.73. The second-order valence-corrected chi connectivity index (χ2v) is 10.2. The lowest BCUT2D eigenvalue weighted by Crippen LogP contribution is -2.30. The third kappa shape index (κ3) is 9.88. The number of rotatable bonds is 7. The Balaban J connectivity index is 0.000000289. The first-order valence-corrected chi connectivity index (χ1v) is 11.9. The summed E-state index contributed by atoms with van der Waals surface area (Å²) < 4.78 is 52.0. The predicted molar refractivity (Wildman–Crippen MR) is 108 cm³/mol. The smallest absolute Gasteiger partial charge is 0.294 e. The SMILES string of the molecule is Cc1ccc(S(=O)(=O)O)cc1.N[C@@H](CCc1ccccc1)CS(=O)(=O)CCl. The molecular weight excluding hydrogens is 410 g/mol. The van der Waals surface area contributed by atoms with Gasteiger partial charge in [0.2, 0.25) is 0 Å². The van der Waals surface area contributed by atoms with Gasteiger partial charge in [-0.05, 0) is 37.5 Å². The molecule has 1 atom stereocenters. The standard InChI is InChI=1S/C11H16ClNO2S.C7H8O3S/c12-9-16(14,15)8-11(13)7-6-10-4-2-1-3-5-10;1-6-2-4-7(5-3-6)11(8,9)10/h1-5,11H,6-9,13H2;2-5H,1H3,(H,8,9,10)/t11-;/m0./s1. The van der Waals surface area contributed by atoms with Crippen LogP contribution >= 0.6 is 11.6 Å². The molecule has 9 heteroatoms. The average molecular weight is 434 g/mol. The Bertz CT molecular complexity index is 899. The van der Waals surface area contributed by atoms with Crippen molar-refractivity contribution in [3.05, 3.63) is 65.7 Å². The van der Waals surface area contributed by atoms with E-state index in [-0.39, 0.29) is 21.9 Å². The molecule has 0 saturated carbocycles. The highest BCUT2D eigenvalue weighted by molar-refractivity contribution is 7.92. The Kier molecular flexibility index (Phi) is 9.41. The molecule has 0 saturated heterocycles. The summed E-state index contributed by atoms with van der Waals surface area (Å²) in [4.78, 5) is -0.0666. The first kappa shape index (κ1) is 23.6. The molecule has 150 valence electrons. The summed E-state index contributed by atoms with van der Waals surface area (Å²) in [5, 5.41) is -0.355. The maximum atomic E-state index is 11.2. The molecule has 0 amide bonds. The highest BCUT2D eigenvalue weighted by Gasteiger charge is 2.14. The van der Waals surface area contributed by atoms with E-state index in [1.807, 2.05) is 37.3 Å². The molecule has 2 rings (SSSR count). The lowest BCUT2D eigenvalue weighted by Gasteiger charge is -2.10. The number of sulfone groups is 1. The van der Waals surface area contributed by atoms with Crippen molar-refractivity contribution in [3.8, 4) is 0 Å². The maximum Gasteiger partial charge on any atom is 0.294 e. The van der Waals surface area contributed by atoms with E-state index >= 15 is 0 Å². The van der Waals surface area contributed by atoms with Crippen LogP contribution in [0, 0.1) is 6.92 Å². The number of halogens is 1. The minimum atomic E-state index is -4.02. The van der Waals surface area contributed by atoms with Crippen LogP contribution in [0.1, 0.15) is 17.5 Å². The van der Waals surface area contributed by atoms with Gasteiger partial charge >= 0.3 is 0 Å². The van der Waals surface area contributed by atoms with Gasteiger partial charge in [0.25, 0.3) is 10.1 Å². The summed E-state index contributed by atoms with van der Waals surface area (Å²) >= 11 is 5.31. The molecule has 2 aromatic rings. The summed E-state index contributed by atoms with van der Waals surface area (Å²) in [6.45, 7) is 1.84. The summed E-state index contributed by atoms with van der Waals surface area (Å²) in [6, 6.07) is 15.5. The van der Waals surface area contributed by atoms with Crippen LogP contribution in [0.3, 0.4) is 0 Å². The van der Waals surface area contributed by atoms with Gasteiger partial charge in [-0.2, -0.15) is 8.42 Å². The lowest BCUT2D eigenvalue weighted by molar-refractivity contribution is 0.483. The van der Waals surface area contributed by atoms with E-state index in [0.29, 0.717) is 6.42 Å². The van der Waals surface area contributed by atoms with Crippen molar-refractivity contribution in [2.75, 3.05) is 11.0 Å². The Morgan fingerprint density at radius 1 is 1.00 bits per heavy atom. The first-order valence-electron chi connectivity index (χ1n) is 8.13. The zero-order chi connectivity index (χ0) is 20.5. The van der Waals surface area contributed by atoms with E-state index in [9.17, 15) is 16.8 Å². The van der Waals surface area contributed by atoms with Crippen LogP contribution in [-0.4, -0.2) is 38.4 Å². The van der Waals surface area contributed by atoms with Gasteiger partial charge in [-0.3, -0.25) is 4.55 Å². The molecule has 0 spiro atoms. The van der Waals surface area contributed by atoms with Crippen molar-refractivity contribution in [2.45, 2.75) is 30.7 Å². The van der Waals surface area contributed by atoms with Crippen molar-refractivity contribution in [1.82, 2.24) is 0 Å². The lowest BCUT2D eigenvalue weighted by atomic mass is 10.1. The predicted octanol–water partition coefficient (Wildman–Crippen LogP) is 2.80. The maximum absolute atomic E-state index is 11.2. The minimum absolute atomic E-state index is 0.0384. The second kappa shape index (κ2) is 10.8. The van der Waals surface area contributed by atoms with Crippen LogP contribution in [0.15, 0.2) is 59.5 Å². The normalized spacial score (nSPS) is 12.7. The quantitative estimate of drug-likeness (QED) is 0.512. The summed E-state index contributed by atoms with van der Waals surface area (Å²) in [5.41, 5.74) is 7.87. The van der Waals surface area contributed by atoms with Crippen molar-refractivity contribution >= 4 is 31.6 Å². The van der Waals surface area contributed by atoms with Gasteiger partial charge in [-0.15, -0.1) is 11.6 Å². The van der Waals surface area contributed by atoms with E-state index < -0.39 is 20.0 Å². The van der Waals surface area contributed by atoms with E-state index in [1.54, 1.807) is 12.1 Å². The molecule has 0 radical (unpaired) electrons. The molecule has 0 aromatic heterocycles. The Labute approximate surface area is 166 Å². The molecule has 0 unspecified atom stereocenters. The number of hydrogen-bond acceptors (Lipinski definition) is 5. The molecule has 6 nitrogen and oxygen atoms in total. The topological polar surface area (TPSA) is 115 Å². The number of hydrogen-bond donors (Lipinski definition) is 2. The number of nitrogens with two attached hydrogens (primary N) is 1. The number of benzene rings is 2. The molecule has 0 aliphatic carbocycles. The van der Waals surface area contributed by atoms with Gasteiger partial charge in [0.05, 0.1) is 10.6 Å². The molecule has 3 N–H and O–H groups in total. The van der Waals surface area contributed by atoms with Gasteiger partial charge in [-0.1, -0.05) is 48.0 Å². The molecule has 0 aliphatic heterocycles. The van der Waals surface area contributed by atoms with Crippen LogP contribution in [0.2, 0.25) is 0 Å². The highest BCUT2D eigenvalue weighted by Crippen LogP contribution is 2.08. The zero-order valence-electron chi connectivity index (χ0n) is 15.0. The van der Waals surface area contributed by atoms with Crippen LogP contribution in [0.4, 0.5) is 0 Å². The first-order chi connectivity index (χ1) is 12.5. The number of alkyl halides is 1. The molecule has 0 aliphatic rings. The van der Waals surface area contributed by atoms with Gasteiger partial charge in [-0.25, -0.2) is 8.42 Å². The molecule has 0 fully saturated rings. The molecule has 0 bridgehead atoms. The zero-order valence-corrected chi connectivity index (χ0v) is 17.3. The molecule has 2 aromatic carbocycles. The van der Waals surface area contributed by atoms with Gasteiger partial charge < -0.3 is 5.73 Å². The third-order valence-electron chi connectivity index (χ3n) is 3.60. The molecule has 0 heterocycles. The Hall–Kier alpha value is -1.45. The highest BCUT2D eigenvalue weighted by atomic mass is 35.5. The summed E-state index contributed by atoms with van der Waals surface area (Å²) in [6.07, 6.45) is 1.44. The fraction of sp³-hybridized carbons (Fsp3) is 0.333. The van der Waals surface area contributed by atoms with Crippen LogP contribution < -0.4 is 5.73 Å². The summed E-state index contributed by atoms with van der Waals surface area (Å²) in [7, 11) is -7.20. The van der Waals surface area contributed by atoms with Crippen LogP contribution in [-0.2, 0) is 26.4 Å². The van der Waals surface area contributed by atoms with Gasteiger partial charge in [0.15, 0.2) is 9.84 Å². The molecular formula is C18H24ClNO5S2. The van der Waals surface area contributed by atoms with E-state index in [1.165, 1.54) is 17.7 Å². The minimum Gasteiger partial charge on any atom is -0.327 e. The van der Waals surface area contributed by atoms with Crippen LogP contribution in [0.5, 0.6) is 0 Å². The van der Waals surface area contributed by atoms with E-state index in [0.717, 1.165) is 12.0 Å². The Morgan fingerprint density at radius 2 is 1.56 bits per heavy atom. The van der Waals surface area contributed by atoms with Crippen molar-refractivity contribution < 1.29 is 21.4 Å². The fourth-order valence-corrected chi connectivity index (χ4v) is 3.82. The van der Waals surface area contributed by atoms with Crippen molar-refractivity contribution in [1.29, 1.82) is 0 Å². The number of aryl methyl sites for hydroxylation is 2. The second-order valence-electron chi connectivity index (χ2n) is 6.09. The van der Waals surface area contributed by atoms with Crippen molar-refractivity contribution in [3.63, 3.8) is 0 Å². The van der Waals surface area contributed by atoms with Crippen molar-refractivity contribution in [2.24, 2.45) is 5.73 Å². The molecule has 27 heavy (non-hydrogen) atoms. The van der Waals surface area contributed by atoms with Crippen LogP contribution in [0.25, 0.3) is 0 Å². The van der Waals surface area contributed by atoms with E-state index in [2.05, 4.69) is 0 Å². The monoisotopic (exact) mass is 433 g/mol. The Morgan fingerprint density at radius 3 is 2.04 bits per heavy atom. The van der Waals surface area contributed by atoms with Gasteiger partial charge in [0, 0.05) is 6.04 Å². The van der Waals surface area contributed by atoms with E-state index in [4.69, 9.17) is 21.9 Å². The van der Waals surface area contributed by atoms with Gasteiger partial charge in [0.1, 0.15) is 5.21 Å².